The number of furan rings is 1. The number of para-hydroxylation sites is 1. The maximum Gasteiger partial charge on any atom is 0.242 e. The van der Waals surface area contributed by atoms with Gasteiger partial charge in [-0.15, -0.1) is 0 Å². The summed E-state index contributed by atoms with van der Waals surface area (Å²) in [4.78, 5) is 14.7. The van der Waals surface area contributed by atoms with Gasteiger partial charge in [-0.25, -0.2) is 0 Å². The zero-order valence-electron chi connectivity index (χ0n) is 15.2. The van der Waals surface area contributed by atoms with Crippen LogP contribution in [-0.2, 0) is 17.9 Å². The van der Waals surface area contributed by atoms with Gasteiger partial charge in [-0.05, 0) is 42.7 Å². The Morgan fingerprint density at radius 3 is 2.31 bits per heavy atom. The fourth-order valence-electron chi connectivity index (χ4n) is 3.00. The van der Waals surface area contributed by atoms with Crippen LogP contribution in [0, 0.1) is 13.8 Å². The Balaban J connectivity index is 1.71. The van der Waals surface area contributed by atoms with Crippen molar-refractivity contribution >= 4 is 11.6 Å². The summed E-state index contributed by atoms with van der Waals surface area (Å²) in [5.41, 5.74) is 4.40. The number of hydrogen-bond acceptors (Lipinski definition) is 3. The number of carbonyl (C=O) groups is 1. The van der Waals surface area contributed by atoms with E-state index in [1.165, 1.54) is 0 Å². The summed E-state index contributed by atoms with van der Waals surface area (Å²) in [6.45, 7) is 5.35. The van der Waals surface area contributed by atoms with Crippen molar-refractivity contribution in [2.24, 2.45) is 0 Å². The lowest BCUT2D eigenvalue weighted by molar-refractivity contribution is -0.130. The molecule has 0 saturated heterocycles. The predicted molar refractivity (Wildman–Crippen MR) is 104 cm³/mol. The van der Waals surface area contributed by atoms with Crippen molar-refractivity contribution in [3.05, 3.63) is 89.4 Å². The van der Waals surface area contributed by atoms with Gasteiger partial charge in [0, 0.05) is 12.2 Å². The molecule has 1 aromatic heterocycles. The molecule has 1 amide bonds. The molecular formula is C22H24N2O2. The molecule has 0 saturated carbocycles. The molecule has 3 aromatic rings. The van der Waals surface area contributed by atoms with Gasteiger partial charge in [0.1, 0.15) is 5.76 Å². The molecule has 0 aliphatic heterocycles. The Labute approximate surface area is 154 Å². The van der Waals surface area contributed by atoms with Crippen LogP contribution in [0.4, 0.5) is 5.69 Å². The summed E-state index contributed by atoms with van der Waals surface area (Å²) in [7, 11) is 0. The van der Waals surface area contributed by atoms with E-state index in [0.717, 1.165) is 28.1 Å². The van der Waals surface area contributed by atoms with Crippen molar-refractivity contribution in [3.8, 4) is 0 Å². The third-order valence-corrected chi connectivity index (χ3v) is 4.39. The summed E-state index contributed by atoms with van der Waals surface area (Å²) >= 11 is 0. The van der Waals surface area contributed by atoms with Gasteiger partial charge >= 0.3 is 0 Å². The molecule has 1 N–H and O–H groups in total. The van der Waals surface area contributed by atoms with Crippen molar-refractivity contribution < 1.29 is 9.21 Å². The van der Waals surface area contributed by atoms with E-state index < -0.39 is 0 Å². The third-order valence-electron chi connectivity index (χ3n) is 4.39. The maximum absolute atomic E-state index is 12.9. The highest BCUT2D eigenvalue weighted by Gasteiger charge is 2.16. The summed E-state index contributed by atoms with van der Waals surface area (Å²) in [5.74, 6) is 0.814. The molecule has 0 spiro atoms. The fourth-order valence-corrected chi connectivity index (χ4v) is 3.00. The number of anilines is 1. The molecular weight excluding hydrogens is 324 g/mol. The van der Waals surface area contributed by atoms with E-state index in [1.807, 2.05) is 79.4 Å². The van der Waals surface area contributed by atoms with Gasteiger partial charge in [-0.3, -0.25) is 4.79 Å². The third kappa shape index (κ3) is 4.54. The van der Waals surface area contributed by atoms with Gasteiger partial charge in [-0.1, -0.05) is 48.5 Å². The molecule has 4 heteroatoms. The smallest absolute Gasteiger partial charge is 0.242 e. The molecule has 0 fully saturated rings. The molecule has 1 heterocycles. The molecule has 134 valence electrons. The topological polar surface area (TPSA) is 45.5 Å². The van der Waals surface area contributed by atoms with Crippen LogP contribution in [0.25, 0.3) is 0 Å². The predicted octanol–water partition coefficient (Wildman–Crippen LogP) is 4.54. The van der Waals surface area contributed by atoms with Crippen LogP contribution in [0.2, 0.25) is 0 Å². The van der Waals surface area contributed by atoms with Crippen LogP contribution in [0.1, 0.15) is 22.5 Å². The number of carbonyl (C=O) groups excluding carboxylic acids is 1. The molecule has 0 aliphatic carbocycles. The molecule has 0 bridgehead atoms. The number of rotatable bonds is 7. The molecule has 26 heavy (non-hydrogen) atoms. The number of hydrogen-bond donors (Lipinski definition) is 1. The average Bonchev–Trinajstić information content (AvgIpc) is 3.14. The van der Waals surface area contributed by atoms with Crippen LogP contribution in [0.3, 0.4) is 0 Å². The van der Waals surface area contributed by atoms with Crippen LogP contribution in [0.15, 0.2) is 71.3 Å². The zero-order valence-corrected chi connectivity index (χ0v) is 15.2. The fraction of sp³-hybridized carbons (Fsp3) is 0.227. The van der Waals surface area contributed by atoms with E-state index >= 15 is 0 Å². The summed E-state index contributed by atoms with van der Waals surface area (Å²) in [5, 5.41) is 3.31. The largest absolute Gasteiger partial charge is 0.467 e. The van der Waals surface area contributed by atoms with Gasteiger partial charge in [0.15, 0.2) is 0 Å². The van der Waals surface area contributed by atoms with Gasteiger partial charge in [0.25, 0.3) is 0 Å². The minimum Gasteiger partial charge on any atom is -0.467 e. The second kappa shape index (κ2) is 8.39. The minimum atomic E-state index is 0.0351. The van der Waals surface area contributed by atoms with E-state index in [9.17, 15) is 4.79 Å². The molecule has 2 aromatic carbocycles. The van der Waals surface area contributed by atoms with Gasteiger partial charge < -0.3 is 14.6 Å². The summed E-state index contributed by atoms with van der Waals surface area (Å²) < 4.78 is 5.44. The Bertz CT molecular complexity index is 822. The van der Waals surface area contributed by atoms with E-state index in [2.05, 4.69) is 5.32 Å². The number of nitrogens with zero attached hydrogens (tertiary/aromatic N) is 1. The molecule has 0 atom stereocenters. The second-order valence-corrected chi connectivity index (χ2v) is 6.44. The number of benzene rings is 2. The van der Waals surface area contributed by atoms with Crippen molar-refractivity contribution in [1.29, 1.82) is 0 Å². The summed E-state index contributed by atoms with van der Waals surface area (Å²) in [6.07, 6.45) is 1.63. The van der Waals surface area contributed by atoms with Gasteiger partial charge in [-0.2, -0.15) is 0 Å². The quantitative estimate of drug-likeness (QED) is 0.682. The highest BCUT2D eigenvalue weighted by atomic mass is 16.3. The number of nitrogens with one attached hydrogen (secondary N) is 1. The van der Waals surface area contributed by atoms with E-state index in [-0.39, 0.29) is 12.5 Å². The maximum atomic E-state index is 12.9. The zero-order chi connectivity index (χ0) is 18.4. The second-order valence-electron chi connectivity index (χ2n) is 6.44. The van der Waals surface area contributed by atoms with Crippen LogP contribution in [0.5, 0.6) is 0 Å². The standard InChI is InChI=1S/C22H24N2O2/c1-17-8-6-9-18(2)22(17)23-14-21(25)24(16-20-12-7-13-26-20)15-19-10-4-3-5-11-19/h3-13,23H,14-16H2,1-2H3. The molecule has 4 nitrogen and oxygen atoms in total. The van der Waals surface area contributed by atoms with E-state index in [4.69, 9.17) is 4.42 Å². The highest BCUT2D eigenvalue weighted by molar-refractivity contribution is 5.81. The molecule has 0 radical (unpaired) electrons. The first-order valence-corrected chi connectivity index (χ1v) is 8.77. The summed E-state index contributed by atoms with van der Waals surface area (Å²) in [6, 6.07) is 19.9. The first-order valence-electron chi connectivity index (χ1n) is 8.77. The van der Waals surface area contributed by atoms with Crippen LogP contribution >= 0.6 is 0 Å². The lowest BCUT2D eigenvalue weighted by Crippen LogP contribution is -2.34. The van der Waals surface area contributed by atoms with E-state index in [0.29, 0.717) is 13.1 Å². The van der Waals surface area contributed by atoms with Crippen LogP contribution in [-0.4, -0.2) is 17.4 Å². The lowest BCUT2D eigenvalue weighted by Gasteiger charge is -2.23. The Kier molecular flexibility index (Phi) is 5.74. The van der Waals surface area contributed by atoms with Crippen molar-refractivity contribution in [2.75, 3.05) is 11.9 Å². The minimum absolute atomic E-state index is 0.0351. The Hall–Kier alpha value is -3.01. The Morgan fingerprint density at radius 2 is 1.65 bits per heavy atom. The van der Waals surface area contributed by atoms with Crippen molar-refractivity contribution in [1.82, 2.24) is 4.90 Å². The normalized spacial score (nSPS) is 10.5. The number of aryl methyl sites for hydroxylation is 2. The molecule has 3 rings (SSSR count). The first-order chi connectivity index (χ1) is 12.6. The van der Waals surface area contributed by atoms with Crippen LogP contribution < -0.4 is 5.32 Å². The van der Waals surface area contributed by atoms with Crippen molar-refractivity contribution in [2.45, 2.75) is 26.9 Å². The highest BCUT2D eigenvalue weighted by Crippen LogP contribution is 2.19. The first kappa shape index (κ1) is 17.8. The lowest BCUT2D eigenvalue weighted by atomic mass is 10.1. The van der Waals surface area contributed by atoms with Gasteiger partial charge in [0.05, 0.1) is 19.4 Å². The van der Waals surface area contributed by atoms with E-state index in [1.54, 1.807) is 6.26 Å². The Morgan fingerprint density at radius 1 is 0.923 bits per heavy atom. The van der Waals surface area contributed by atoms with Gasteiger partial charge in [0.2, 0.25) is 5.91 Å². The molecule has 0 aliphatic rings. The number of amides is 1. The monoisotopic (exact) mass is 348 g/mol. The van der Waals surface area contributed by atoms with Crippen molar-refractivity contribution in [3.63, 3.8) is 0 Å². The molecule has 0 unspecified atom stereocenters. The SMILES string of the molecule is Cc1cccc(C)c1NCC(=O)N(Cc1ccccc1)Cc1ccco1. The average molecular weight is 348 g/mol.